The molecular formula is C30H41N7O. The summed E-state index contributed by atoms with van der Waals surface area (Å²) in [6, 6.07) is 12.6. The molecule has 8 heteroatoms. The van der Waals surface area contributed by atoms with E-state index in [2.05, 4.69) is 69.6 Å². The van der Waals surface area contributed by atoms with Crippen molar-refractivity contribution in [3.8, 4) is 22.5 Å². The first-order valence-electron chi connectivity index (χ1n) is 14.3. The number of unbranched alkanes of at least 4 members (excludes halogenated alkanes) is 1. The summed E-state index contributed by atoms with van der Waals surface area (Å²) in [6.07, 6.45) is 13.4. The molecule has 3 aromatic rings. The van der Waals surface area contributed by atoms with Crippen LogP contribution in [-0.4, -0.2) is 47.9 Å². The second-order valence-corrected chi connectivity index (χ2v) is 11.4. The van der Waals surface area contributed by atoms with Crippen molar-refractivity contribution in [3.05, 3.63) is 65.4 Å². The van der Waals surface area contributed by atoms with E-state index in [1.54, 1.807) is 0 Å². The number of pyridine rings is 1. The lowest BCUT2D eigenvalue weighted by Gasteiger charge is -2.43. The summed E-state index contributed by atoms with van der Waals surface area (Å²) in [4.78, 5) is 7.08. The number of H-pyrrole nitrogens is 1. The molecule has 0 saturated heterocycles. The molecule has 202 valence electrons. The summed E-state index contributed by atoms with van der Waals surface area (Å²) in [5.74, 6) is 1.83. The Labute approximate surface area is 226 Å². The molecule has 0 radical (unpaired) electrons. The Hall–Kier alpha value is -3.10. The zero-order chi connectivity index (χ0) is 26.5. The van der Waals surface area contributed by atoms with Crippen LogP contribution in [0.2, 0.25) is 0 Å². The molecule has 1 fully saturated rings. The minimum Gasteiger partial charge on any atom is -0.626 e. The Bertz CT molecular complexity index is 1220. The SMILES string of the molecule is CCCCC1=CN(C2CCCCCC2C(C)C)C[N+]1([O-])Cc1cc(-c2cccc(-c3nn[nH]n3)c2)ccn1. The van der Waals surface area contributed by atoms with Crippen LogP contribution >= 0.6 is 0 Å². The lowest BCUT2D eigenvalue weighted by Crippen LogP contribution is -2.46. The molecule has 3 atom stereocenters. The highest BCUT2D eigenvalue weighted by molar-refractivity contribution is 5.69. The fraction of sp³-hybridized carbons (Fsp3) is 0.533. The molecule has 2 aliphatic rings. The highest BCUT2D eigenvalue weighted by atomic mass is 16.6. The van der Waals surface area contributed by atoms with Crippen LogP contribution in [0.5, 0.6) is 0 Å². The van der Waals surface area contributed by atoms with Gasteiger partial charge in [-0.25, -0.2) is 0 Å². The van der Waals surface area contributed by atoms with Gasteiger partial charge in [0.1, 0.15) is 12.2 Å². The molecule has 1 aliphatic carbocycles. The zero-order valence-electron chi connectivity index (χ0n) is 23.0. The van der Waals surface area contributed by atoms with E-state index in [0.29, 0.717) is 36.9 Å². The number of rotatable bonds is 9. The van der Waals surface area contributed by atoms with Gasteiger partial charge in [0, 0.05) is 24.2 Å². The summed E-state index contributed by atoms with van der Waals surface area (Å²) in [6.45, 7) is 7.74. The number of hydroxylamine groups is 3. The smallest absolute Gasteiger partial charge is 0.204 e. The number of aromatic nitrogens is 5. The van der Waals surface area contributed by atoms with Gasteiger partial charge in [0.2, 0.25) is 5.82 Å². The number of tetrazole rings is 1. The molecule has 1 aromatic carbocycles. The van der Waals surface area contributed by atoms with Gasteiger partial charge in [0.25, 0.3) is 0 Å². The number of quaternary nitrogens is 1. The van der Waals surface area contributed by atoms with Crippen molar-refractivity contribution < 1.29 is 4.65 Å². The van der Waals surface area contributed by atoms with Gasteiger partial charge in [-0.05, 0) is 65.6 Å². The highest BCUT2D eigenvalue weighted by Crippen LogP contribution is 2.39. The van der Waals surface area contributed by atoms with Gasteiger partial charge < -0.3 is 14.8 Å². The average Bonchev–Trinajstić information content (AvgIpc) is 3.48. The van der Waals surface area contributed by atoms with Crippen LogP contribution in [0.1, 0.15) is 77.8 Å². The van der Waals surface area contributed by atoms with Crippen molar-refractivity contribution in [3.63, 3.8) is 0 Å². The van der Waals surface area contributed by atoms with Gasteiger partial charge >= 0.3 is 0 Å². The van der Waals surface area contributed by atoms with Crippen molar-refractivity contribution in [1.82, 2.24) is 30.5 Å². The third-order valence-corrected chi connectivity index (χ3v) is 8.36. The fourth-order valence-corrected chi connectivity index (χ4v) is 6.30. The lowest BCUT2D eigenvalue weighted by molar-refractivity contribution is -0.860. The molecular weight excluding hydrogens is 474 g/mol. The summed E-state index contributed by atoms with van der Waals surface area (Å²) in [5.41, 5.74) is 4.80. The van der Waals surface area contributed by atoms with Crippen LogP contribution in [0.15, 0.2) is 54.5 Å². The largest absolute Gasteiger partial charge is 0.626 e. The van der Waals surface area contributed by atoms with E-state index in [0.717, 1.165) is 47.3 Å². The molecule has 5 rings (SSSR count). The Kier molecular flexibility index (Phi) is 8.19. The van der Waals surface area contributed by atoms with Crippen molar-refractivity contribution in [2.75, 3.05) is 6.67 Å². The molecule has 3 unspecified atom stereocenters. The van der Waals surface area contributed by atoms with Crippen LogP contribution in [-0.2, 0) is 6.54 Å². The van der Waals surface area contributed by atoms with Crippen molar-refractivity contribution in [1.29, 1.82) is 0 Å². The number of allylic oxidation sites excluding steroid dienone is 1. The van der Waals surface area contributed by atoms with Gasteiger partial charge in [-0.15, -0.1) is 10.2 Å². The highest BCUT2D eigenvalue weighted by Gasteiger charge is 2.39. The van der Waals surface area contributed by atoms with Crippen LogP contribution in [0.3, 0.4) is 0 Å². The monoisotopic (exact) mass is 515 g/mol. The molecule has 0 spiro atoms. The molecule has 1 aliphatic heterocycles. The summed E-state index contributed by atoms with van der Waals surface area (Å²) >= 11 is 0. The molecule has 0 bridgehead atoms. The van der Waals surface area contributed by atoms with Gasteiger partial charge in [-0.3, -0.25) is 4.98 Å². The van der Waals surface area contributed by atoms with Crippen LogP contribution < -0.4 is 0 Å². The predicted molar refractivity (Wildman–Crippen MR) is 150 cm³/mol. The lowest BCUT2D eigenvalue weighted by atomic mass is 9.84. The van der Waals surface area contributed by atoms with E-state index in [1.807, 2.05) is 30.5 Å². The molecule has 38 heavy (non-hydrogen) atoms. The van der Waals surface area contributed by atoms with Crippen LogP contribution in [0.4, 0.5) is 0 Å². The summed E-state index contributed by atoms with van der Waals surface area (Å²) < 4.78 is -0.319. The van der Waals surface area contributed by atoms with Gasteiger partial charge in [-0.2, -0.15) is 5.21 Å². The van der Waals surface area contributed by atoms with Crippen molar-refractivity contribution in [2.45, 2.75) is 84.7 Å². The maximum absolute atomic E-state index is 14.5. The minimum absolute atomic E-state index is 0.319. The van der Waals surface area contributed by atoms with Gasteiger partial charge in [-0.1, -0.05) is 64.7 Å². The fourth-order valence-electron chi connectivity index (χ4n) is 6.30. The molecule has 3 heterocycles. The van der Waals surface area contributed by atoms with E-state index in [9.17, 15) is 5.21 Å². The number of benzene rings is 1. The van der Waals surface area contributed by atoms with Crippen molar-refractivity contribution in [2.24, 2.45) is 11.8 Å². The minimum atomic E-state index is -0.319. The molecule has 1 saturated carbocycles. The maximum atomic E-state index is 14.5. The van der Waals surface area contributed by atoms with Gasteiger partial charge in [0.05, 0.1) is 11.9 Å². The molecule has 2 aromatic heterocycles. The van der Waals surface area contributed by atoms with Crippen LogP contribution in [0.25, 0.3) is 22.5 Å². The van der Waals surface area contributed by atoms with Crippen LogP contribution in [0, 0.1) is 17.0 Å². The van der Waals surface area contributed by atoms with E-state index in [-0.39, 0.29) is 4.65 Å². The maximum Gasteiger partial charge on any atom is 0.204 e. The molecule has 1 N–H and O–H groups in total. The Morgan fingerprint density at radius 2 is 1.89 bits per heavy atom. The van der Waals surface area contributed by atoms with E-state index < -0.39 is 0 Å². The number of hydrogen-bond acceptors (Lipinski definition) is 6. The third-order valence-electron chi connectivity index (χ3n) is 8.36. The molecule has 0 amide bonds. The summed E-state index contributed by atoms with van der Waals surface area (Å²) in [7, 11) is 0. The van der Waals surface area contributed by atoms with E-state index >= 15 is 0 Å². The van der Waals surface area contributed by atoms with E-state index in [1.165, 1.54) is 32.1 Å². The summed E-state index contributed by atoms with van der Waals surface area (Å²) in [5, 5.41) is 28.9. The Morgan fingerprint density at radius 1 is 1.08 bits per heavy atom. The number of aromatic amines is 1. The van der Waals surface area contributed by atoms with E-state index in [4.69, 9.17) is 0 Å². The topological polar surface area (TPSA) is 93.7 Å². The average molecular weight is 516 g/mol. The normalized spacial score (nSPS) is 24.0. The second kappa shape index (κ2) is 11.7. The zero-order valence-corrected chi connectivity index (χ0v) is 23.0. The number of nitrogens with zero attached hydrogens (tertiary/aromatic N) is 6. The Morgan fingerprint density at radius 3 is 2.68 bits per heavy atom. The first kappa shape index (κ1) is 26.5. The quantitative estimate of drug-likeness (QED) is 0.195. The standard InChI is InChI=1S/C30H41N7O/c1-4-5-12-27-19-36(29-14-8-6-7-13-28(29)22(2)3)21-37(27,38)20-26-18-24(15-16-31-26)23-10-9-11-25(17-23)30-32-34-35-33-30/h9-11,15-19,22,28-29H,4-8,12-14,20-21H2,1-3H3,(H,32,33,34,35). The Balaban J connectivity index is 1.39. The number of nitrogens with one attached hydrogen (secondary N) is 1. The molecule has 8 nitrogen and oxygen atoms in total. The predicted octanol–water partition coefficient (Wildman–Crippen LogP) is 6.65. The van der Waals surface area contributed by atoms with Gasteiger partial charge in [0.15, 0.2) is 6.67 Å². The first-order chi connectivity index (χ1) is 18.5. The second-order valence-electron chi connectivity index (χ2n) is 11.4. The first-order valence-corrected chi connectivity index (χ1v) is 14.3. The number of hydrogen-bond donors (Lipinski definition) is 1. The van der Waals surface area contributed by atoms with Crippen molar-refractivity contribution >= 4 is 0 Å². The third kappa shape index (κ3) is 5.81.